The first-order chi connectivity index (χ1) is 18.7. The Morgan fingerprint density at radius 1 is 0.368 bits per heavy atom. The van der Waals surface area contributed by atoms with E-state index in [1.165, 1.54) is 141 Å². The summed E-state index contributed by atoms with van der Waals surface area (Å²) in [7, 11) is 0. The van der Waals surface area contributed by atoms with Crippen molar-refractivity contribution < 1.29 is 14.2 Å². The zero-order chi connectivity index (χ0) is 27.9. The fraction of sp³-hybridized carbons (Fsp3) is 1.00. The molecule has 0 aliphatic heterocycles. The summed E-state index contributed by atoms with van der Waals surface area (Å²) in [6.07, 6.45) is 29.0. The van der Waals surface area contributed by atoms with Gasteiger partial charge in [-0.2, -0.15) is 0 Å². The molecule has 2 atom stereocenters. The summed E-state index contributed by atoms with van der Waals surface area (Å²) in [5, 5.41) is 0. The van der Waals surface area contributed by atoms with Gasteiger partial charge in [-0.05, 0) is 63.2 Å². The number of unbranched alkanes of at least 4 members (excludes halogenated alkanes) is 9. The van der Waals surface area contributed by atoms with E-state index in [1.54, 1.807) is 0 Å². The molecule has 0 fully saturated rings. The molecule has 0 aliphatic carbocycles. The second-order valence-corrected chi connectivity index (χ2v) is 11.9. The van der Waals surface area contributed by atoms with Crippen LogP contribution in [0.3, 0.4) is 0 Å². The van der Waals surface area contributed by atoms with Gasteiger partial charge in [-0.15, -0.1) is 0 Å². The number of rotatable bonds is 32. The van der Waals surface area contributed by atoms with E-state index in [-0.39, 0.29) is 0 Å². The van der Waals surface area contributed by atoms with Crippen molar-refractivity contribution in [3.8, 4) is 0 Å². The number of hydrogen-bond donors (Lipinski definition) is 0. The SMILES string of the molecule is CCCCCCC(CCCC)OCCCCCOCCC(CCCCCC(CC)CC)CCOCCCC. The van der Waals surface area contributed by atoms with E-state index < -0.39 is 0 Å². The molecule has 0 radical (unpaired) electrons. The minimum atomic E-state index is 0.491. The first kappa shape index (κ1) is 37.9. The van der Waals surface area contributed by atoms with Gasteiger partial charge in [0.1, 0.15) is 0 Å². The molecule has 0 saturated heterocycles. The minimum absolute atomic E-state index is 0.491. The first-order valence-electron chi connectivity index (χ1n) is 17.5. The Balaban J connectivity index is 3.98. The molecule has 0 bridgehead atoms. The van der Waals surface area contributed by atoms with Crippen molar-refractivity contribution in [1.82, 2.24) is 0 Å². The summed E-state index contributed by atoms with van der Waals surface area (Å²) in [5.41, 5.74) is 0. The van der Waals surface area contributed by atoms with E-state index in [9.17, 15) is 0 Å². The standard InChI is InChI=1S/C35H72O3/c1-6-11-14-19-25-35(24-12-7-2)38-30-21-16-20-29-37-32-27-34(26-31-36-28-13-8-3)23-18-15-17-22-33(9-4)10-5/h33-35H,6-32H2,1-5H3. The van der Waals surface area contributed by atoms with Gasteiger partial charge in [0.15, 0.2) is 0 Å². The van der Waals surface area contributed by atoms with Gasteiger partial charge in [0, 0.05) is 33.0 Å². The van der Waals surface area contributed by atoms with E-state index in [0.29, 0.717) is 6.10 Å². The van der Waals surface area contributed by atoms with Gasteiger partial charge >= 0.3 is 0 Å². The zero-order valence-electron chi connectivity index (χ0n) is 27.0. The normalized spacial score (nSPS) is 13.4. The van der Waals surface area contributed by atoms with Gasteiger partial charge in [-0.3, -0.25) is 0 Å². The second-order valence-electron chi connectivity index (χ2n) is 11.9. The summed E-state index contributed by atoms with van der Waals surface area (Å²) < 4.78 is 18.2. The third-order valence-electron chi connectivity index (χ3n) is 8.41. The minimum Gasteiger partial charge on any atom is -0.381 e. The van der Waals surface area contributed by atoms with E-state index in [4.69, 9.17) is 14.2 Å². The highest BCUT2D eigenvalue weighted by Gasteiger charge is 2.11. The summed E-state index contributed by atoms with van der Waals surface area (Å²) >= 11 is 0. The second kappa shape index (κ2) is 31.4. The van der Waals surface area contributed by atoms with Crippen LogP contribution in [0.2, 0.25) is 0 Å². The average Bonchev–Trinajstić information content (AvgIpc) is 2.93. The van der Waals surface area contributed by atoms with E-state index >= 15 is 0 Å². The van der Waals surface area contributed by atoms with Gasteiger partial charge < -0.3 is 14.2 Å². The molecule has 3 nitrogen and oxygen atoms in total. The van der Waals surface area contributed by atoms with Crippen LogP contribution in [0.5, 0.6) is 0 Å². The lowest BCUT2D eigenvalue weighted by Gasteiger charge is -2.18. The maximum absolute atomic E-state index is 6.27. The first-order valence-corrected chi connectivity index (χ1v) is 17.5. The molecule has 0 amide bonds. The lowest BCUT2D eigenvalue weighted by molar-refractivity contribution is 0.0346. The molecule has 230 valence electrons. The van der Waals surface area contributed by atoms with Crippen LogP contribution in [0.1, 0.15) is 176 Å². The van der Waals surface area contributed by atoms with E-state index in [1.807, 2.05) is 0 Å². The largest absolute Gasteiger partial charge is 0.381 e. The van der Waals surface area contributed by atoms with Crippen molar-refractivity contribution in [2.75, 3.05) is 33.0 Å². The molecule has 0 spiro atoms. The molecule has 38 heavy (non-hydrogen) atoms. The summed E-state index contributed by atoms with van der Waals surface area (Å²) in [4.78, 5) is 0. The third-order valence-corrected chi connectivity index (χ3v) is 8.41. The quantitative estimate of drug-likeness (QED) is 0.0794. The highest BCUT2D eigenvalue weighted by atomic mass is 16.5. The molecule has 3 heteroatoms. The van der Waals surface area contributed by atoms with Gasteiger partial charge in [-0.1, -0.05) is 125 Å². The predicted octanol–water partition coefficient (Wildman–Crippen LogP) is 11.3. The molecule has 0 aliphatic rings. The van der Waals surface area contributed by atoms with Crippen LogP contribution in [0, 0.1) is 11.8 Å². The molecule has 0 aromatic heterocycles. The summed E-state index contributed by atoms with van der Waals surface area (Å²) in [6, 6.07) is 0. The van der Waals surface area contributed by atoms with Gasteiger partial charge in [0.25, 0.3) is 0 Å². The average molecular weight is 541 g/mol. The van der Waals surface area contributed by atoms with Crippen LogP contribution in [0.4, 0.5) is 0 Å². The van der Waals surface area contributed by atoms with E-state index in [0.717, 1.165) is 44.9 Å². The Hall–Kier alpha value is -0.120. The number of hydrogen-bond acceptors (Lipinski definition) is 3. The molecule has 0 saturated carbocycles. The Labute approximate surface area is 240 Å². The van der Waals surface area contributed by atoms with Crippen LogP contribution in [-0.2, 0) is 14.2 Å². The molecule has 0 heterocycles. The monoisotopic (exact) mass is 541 g/mol. The van der Waals surface area contributed by atoms with Crippen molar-refractivity contribution in [3.63, 3.8) is 0 Å². The Morgan fingerprint density at radius 3 is 1.50 bits per heavy atom. The highest BCUT2D eigenvalue weighted by Crippen LogP contribution is 2.21. The molecular formula is C35H72O3. The maximum atomic E-state index is 6.27. The molecular weight excluding hydrogens is 468 g/mol. The van der Waals surface area contributed by atoms with Gasteiger partial charge in [-0.25, -0.2) is 0 Å². The zero-order valence-corrected chi connectivity index (χ0v) is 27.0. The lowest BCUT2D eigenvalue weighted by Crippen LogP contribution is -2.14. The highest BCUT2D eigenvalue weighted by molar-refractivity contribution is 4.62. The van der Waals surface area contributed by atoms with Crippen LogP contribution in [-0.4, -0.2) is 39.1 Å². The van der Waals surface area contributed by atoms with Crippen molar-refractivity contribution in [2.24, 2.45) is 11.8 Å². The molecule has 0 rings (SSSR count). The Morgan fingerprint density at radius 2 is 0.868 bits per heavy atom. The fourth-order valence-corrected chi connectivity index (χ4v) is 5.40. The topological polar surface area (TPSA) is 27.7 Å². The summed E-state index contributed by atoms with van der Waals surface area (Å²) in [6.45, 7) is 16.1. The van der Waals surface area contributed by atoms with E-state index in [2.05, 4.69) is 34.6 Å². The Bertz CT molecular complexity index is 423. The van der Waals surface area contributed by atoms with Crippen molar-refractivity contribution in [1.29, 1.82) is 0 Å². The molecule has 0 aromatic rings. The maximum Gasteiger partial charge on any atom is 0.0575 e. The number of ether oxygens (including phenoxy) is 3. The van der Waals surface area contributed by atoms with Crippen LogP contribution in [0.15, 0.2) is 0 Å². The molecule has 0 N–H and O–H groups in total. The van der Waals surface area contributed by atoms with Crippen LogP contribution < -0.4 is 0 Å². The smallest absolute Gasteiger partial charge is 0.0575 e. The van der Waals surface area contributed by atoms with Crippen molar-refractivity contribution in [3.05, 3.63) is 0 Å². The third kappa shape index (κ3) is 26.1. The van der Waals surface area contributed by atoms with Crippen molar-refractivity contribution in [2.45, 2.75) is 182 Å². The van der Waals surface area contributed by atoms with Gasteiger partial charge in [0.2, 0.25) is 0 Å². The van der Waals surface area contributed by atoms with Crippen LogP contribution in [0.25, 0.3) is 0 Å². The lowest BCUT2D eigenvalue weighted by atomic mass is 9.92. The van der Waals surface area contributed by atoms with Crippen LogP contribution >= 0.6 is 0 Å². The predicted molar refractivity (Wildman–Crippen MR) is 168 cm³/mol. The Kier molecular flexibility index (Phi) is 31.3. The van der Waals surface area contributed by atoms with Crippen molar-refractivity contribution >= 4 is 0 Å². The van der Waals surface area contributed by atoms with Gasteiger partial charge in [0.05, 0.1) is 6.10 Å². The summed E-state index contributed by atoms with van der Waals surface area (Å²) in [5.74, 6) is 1.70. The fourth-order valence-electron chi connectivity index (χ4n) is 5.40. The molecule has 0 aromatic carbocycles. The molecule has 2 unspecified atom stereocenters.